The normalized spacial score (nSPS) is 24.5. The lowest BCUT2D eigenvalue weighted by molar-refractivity contribution is -0.105. The van der Waals surface area contributed by atoms with Crippen LogP contribution in [-0.4, -0.2) is 17.3 Å². The molecule has 1 fully saturated rings. The first kappa shape index (κ1) is 8.85. The van der Waals surface area contributed by atoms with E-state index in [0.29, 0.717) is 5.25 Å². The van der Waals surface area contributed by atoms with Gasteiger partial charge in [0.15, 0.2) is 0 Å². The lowest BCUT2D eigenvalue weighted by Crippen LogP contribution is -2.10. The zero-order valence-corrected chi connectivity index (χ0v) is 7.53. The van der Waals surface area contributed by atoms with Crippen LogP contribution >= 0.6 is 11.8 Å². The van der Waals surface area contributed by atoms with Crippen LogP contribution in [0, 0.1) is 0 Å². The molecule has 0 aromatic heterocycles. The second-order valence-corrected chi connectivity index (χ2v) is 4.38. The Kier molecular flexibility index (Phi) is 3.70. The zero-order chi connectivity index (χ0) is 8.10. The van der Waals surface area contributed by atoms with Crippen molar-refractivity contribution in [2.75, 3.05) is 5.75 Å². The first-order valence-corrected chi connectivity index (χ1v) is 5.12. The summed E-state index contributed by atoms with van der Waals surface area (Å²) in [5.41, 5.74) is 0.754. The van der Waals surface area contributed by atoms with E-state index in [0.717, 1.165) is 18.3 Å². The number of aldehydes is 1. The maximum Gasteiger partial charge on any atom is 0.145 e. The highest BCUT2D eigenvalue weighted by Gasteiger charge is 2.14. The van der Waals surface area contributed by atoms with Gasteiger partial charge in [0, 0.05) is 5.25 Å². The molecule has 1 heterocycles. The van der Waals surface area contributed by atoms with Gasteiger partial charge in [-0.25, -0.2) is 0 Å². The van der Waals surface area contributed by atoms with Crippen molar-refractivity contribution < 1.29 is 4.79 Å². The molecule has 1 saturated heterocycles. The minimum Gasteiger partial charge on any atom is -0.298 e. The van der Waals surface area contributed by atoms with E-state index in [1.165, 1.54) is 25.0 Å². The molecule has 0 aliphatic carbocycles. The summed E-state index contributed by atoms with van der Waals surface area (Å²) in [6, 6.07) is 0. The Morgan fingerprint density at radius 2 is 2.45 bits per heavy atom. The third-order valence-electron chi connectivity index (χ3n) is 1.93. The van der Waals surface area contributed by atoms with Gasteiger partial charge in [-0.3, -0.25) is 4.79 Å². The van der Waals surface area contributed by atoms with Crippen LogP contribution in [0.15, 0.2) is 12.2 Å². The number of carbonyl (C=O) groups excluding carboxylic acids is 1. The Morgan fingerprint density at radius 3 is 3.00 bits per heavy atom. The van der Waals surface area contributed by atoms with Gasteiger partial charge >= 0.3 is 0 Å². The summed E-state index contributed by atoms with van der Waals surface area (Å²) in [7, 11) is 0. The molecule has 1 aliphatic heterocycles. The summed E-state index contributed by atoms with van der Waals surface area (Å²) in [4.78, 5) is 10.3. The predicted octanol–water partition coefficient (Wildman–Crippen LogP) is 2.42. The number of rotatable bonds is 3. The molecule has 1 aliphatic rings. The number of hydrogen-bond donors (Lipinski definition) is 0. The Labute approximate surface area is 72.2 Å². The van der Waals surface area contributed by atoms with Gasteiger partial charge in [-0.2, -0.15) is 11.8 Å². The third kappa shape index (κ3) is 3.10. The van der Waals surface area contributed by atoms with Crippen LogP contribution in [0.1, 0.15) is 25.7 Å². The number of hydrogen-bond acceptors (Lipinski definition) is 2. The van der Waals surface area contributed by atoms with Crippen molar-refractivity contribution in [2.45, 2.75) is 30.9 Å². The standard InChI is InChI=1S/C9H14OS/c1-8(7-10)6-9-4-2-3-5-11-9/h7,9H,1-6H2. The van der Waals surface area contributed by atoms with Crippen LogP contribution in [0.2, 0.25) is 0 Å². The second-order valence-electron chi connectivity index (χ2n) is 2.97. The van der Waals surface area contributed by atoms with Crippen LogP contribution in [0.25, 0.3) is 0 Å². The fourth-order valence-corrected chi connectivity index (χ4v) is 2.68. The number of thioether (sulfide) groups is 1. The lowest BCUT2D eigenvalue weighted by Gasteiger charge is -2.20. The topological polar surface area (TPSA) is 17.1 Å². The van der Waals surface area contributed by atoms with Gasteiger partial charge < -0.3 is 0 Å². The average molecular weight is 170 g/mol. The summed E-state index contributed by atoms with van der Waals surface area (Å²) >= 11 is 1.99. The average Bonchev–Trinajstić information content (AvgIpc) is 2.06. The quantitative estimate of drug-likeness (QED) is 0.478. The molecule has 0 amide bonds. The number of allylic oxidation sites excluding steroid dienone is 1. The summed E-state index contributed by atoms with van der Waals surface area (Å²) < 4.78 is 0. The van der Waals surface area contributed by atoms with Gasteiger partial charge in [-0.15, -0.1) is 0 Å². The summed E-state index contributed by atoms with van der Waals surface area (Å²) in [5, 5.41) is 0.668. The molecule has 0 aromatic carbocycles. The molecule has 62 valence electrons. The number of carbonyl (C=O) groups is 1. The molecule has 1 nitrogen and oxygen atoms in total. The van der Waals surface area contributed by atoms with Gasteiger partial charge in [0.25, 0.3) is 0 Å². The van der Waals surface area contributed by atoms with Crippen molar-refractivity contribution in [3.05, 3.63) is 12.2 Å². The molecule has 0 saturated carbocycles. The molecule has 0 radical (unpaired) electrons. The molecular formula is C9H14OS. The minimum atomic E-state index is 0.668. The maximum absolute atomic E-state index is 10.3. The van der Waals surface area contributed by atoms with Crippen molar-refractivity contribution in [3.63, 3.8) is 0 Å². The van der Waals surface area contributed by atoms with E-state index in [1.54, 1.807) is 0 Å². The molecule has 1 unspecified atom stereocenters. The SMILES string of the molecule is C=C(C=O)CC1CCCCS1. The van der Waals surface area contributed by atoms with Gasteiger partial charge in [0.2, 0.25) is 0 Å². The monoisotopic (exact) mass is 170 g/mol. The van der Waals surface area contributed by atoms with Crippen molar-refractivity contribution in [1.82, 2.24) is 0 Å². The summed E-state index contributed by atoms with van der Waals surface area (Å²) in [6.45, 7) is 3.69. The molecule has 1 atom stereocenters. The lowest BCUT2D eigenvalue weighted by atomic mass is 10.1. The van der Waals surface area contributed by atoms with E-state index in [9.17, 15) is 4.79 Å². The highest BCUT2D eigenvalue weighted by atomic mass is 32.2. The largest absolute Gasteiger partial charge is 0.298 e. The smallest absolute Gasteiger partial charge is 0.145 e. The van der Waals surface area contributed by atoms with Crippen LogP contribution in [0.3, 0.4) is 0 Å². The molecule has 0 spiro atoms. The van der Waals surface area contributed by atoms with Gasteiger partial charge in [0.05, 0.1) is 0 Å². The van der Waals surface area contributed by atoms with Crippen molar-refractivity contribution in [1.29, 1.82) is 0 Å². The van der Waals surface area contributed by atoms with Crippen molar-refractivity contribution in [3.8, 4) is 0 Å². The molecule has 11 heavy (non-hydrogen) atoms. The molecule has 0 bridgehead atoms. The van der Waals surface area contributed by atoms with E-state index < -0.39 is 0 Å². The maximum atomic E-state index is 10.3. The van der Waals surface area contributed by atoms with Gasteiger partial charge in [-0.1, -0.05) is 13.0 Å². The van der Waals surface area contributed by atoms with Crippen molar-refractivity contribution >= 4 is 18.0 Å². The van der Waals surface area contributed by atoms with Gasteiger partial charge in [0.1, 0.15) is 6.29 Å². The Hall–Kier alpha value is -0.240. The Morgan fingerprint density at radius 1 is 1.64 bits per heavy atom. The van der Waals surface area contributed by atoms with Crippen LogP contribution in [-0.2, 0) is 4.79 Å². The van der Waals surface area contributed by atoms with E-state index in [4.69, 9.17) is 0 Å². The zero-order valence-electron chi connectivity index (χ0n) is 6.71. The van der Waals surface area contributed by atoms with E-state index in [2.05, 4.69) is 6.58 Å². The summed E-state index contributed by atoms with van der Waals surface area (Å²) in [6.07, 6.45) is 5.71. The molecule has 0 N–H and O–H groups in total. The second kappa shape index (κ2) is 4.60. The minimum absolute atomic E-state index is 0.668. The Bertz CT molecular complexity index is 148. The first-order valence-electron chi connectivity index (χ1n) is 4.07. The first-order chi connectivity index (χ1) is 5.33. The highest BCUT2D eigenvalue weighted by molar-refractivity contribution is 7.99. The molecule has 2 heteroatoms. The van der Waals surface area contributed by atoms with Crippen LogP contribution < -0.4 is 0 Å². The van der Waals surface area contributed by atoms with E-state index in [-0.39, 0.29) is 0 Å². The Balaban J connectivity index is 2.24. The predicted molar refractivity (Wildman–Crippen MR) is 49.9 cm³/mol. The summed E-state index contributed by atoms with van der Waals surface area (Å²) in [5.74, 6) is 1.26. The molecular weight excluding hydrogens is 156 g/mol. The van der Waals surface area contributed by atoms with Crippen LogP contribution in [0.4, 0.5) is 0 Å². The molecule has 0 aromatic rings. The fraction of sp³-hybridized carbons (Fsp3) is 0.667. The third-order valence-corrected chi connectivity index (χ3v) is 3.33. The van der Waals surface area contributed by atoms with E-state index in [1.807, 2.05) is 11.8 Å². The molecule has 1 rings (SSSR count). The van der Waals surface area contributed by atoms with E-state index >= 15 is 0 Å². The van der Waals surface area contributed by atoms with Crippen molar-refractivity contribution in [2.24, 2.45) is 0 Å². The van der Waals surface area contributed by atoms with Crippen LogP contribution in [0.5, 0.6) is 0 Å². The highest BCUT2D eigenvalue weighted by Crippen LogP contribution is 2.28. The fourth-order valence-electron chi connectivity index (χ4n) is 1.31. The van der Waals surface area contributed by atoms with Gasteiger partial charge in [-0.05, 0) is 30.6 Å².